The van der Waals surface area contributed by atoms with E-state index in [0.717, 1.165) is 12.0 Å². The minimum Gasteiger partial charge on any atom is -0.453 e. The van der Waals surface area contributed by atoms with Crippen LogP contribution in [0.3, 0.4) is 0 Å². The van der Waals surface area contributed by atoms with Crippen LogP contribution in [0.15, 0.2) is 60.7 Å². The van der Waals surface area contributed by atoms with Crippen molar-refractivity contribution in [3.05, 3.63) is 71.8 Å². The maximum absolute atomic E-state index is 12.6. The summed E-state index contributed by atoms with van der Waals surface area (Å²) in [5, 5.41) is 0. The third kappa shape index (κ3) is 4.76. The SMILES string of the molecule is CCC1O[C@H](C)C(OC(=O)c2ccccc2)[C@H](OCc2ccccc2)[C@@H]1C. The van der Waals surface area contributed by atoms with Crippen LogP contribution in [-0.4, -0.2) is 30.4 Å². The molecule has 0 N–H and O–H groups in total. The molecule has 2 unspecified atom stereocenters. The number of hydrogen-bond acceptors (Lipinski definition) is 4. The van der Waals surface area contributed by atoms with Crippen molar-refractivity contribution in [2.24, 2.45) is 5.92 Å². The summed E-state index contributed by atoms with van der Waals surface area (Å²) in [6.45, 7) is 6.66. The van der Waals surface area contributed by atoms with Gasteiger partial charge in [-0.2, -0.15) is 0 Å². The van der Waals surface area contributed by atoms with Gasteiger partial charge in [-0.25, -0.2) is 4.79 Å². The van der Waals surface area contributed by atoms with Crippen LogP contribution in [0, 0.1) is 5.92 Å². The number of hydrogen-bond donors (Lipinski definition) is 0. The Hall–Kier alpha value is -2.17. The predicted molar refractivity (Wildman–Crippen MR) is 104 cm³/mol. The molecular formula is C23H28O4. The topological polar surface area (TPSA) is 44.8 Å². The van der Waals surface area contributed by atoms with Gasteiger partial charge in [0.1, 0.15) is 6.10 Å². The number of carbonyl (C=O) groups excluding carboxylic acids is 1. The first kappa shape index (κ1) is 19.6. The maximum Gasteiger partial charge on any atom is 0.338 e. The Balaban J connectivity index is 1.76. The second kappa shape index (κ2) is 9.16. The van der Waals surface area contributed by atoms with Gasteiger partial charge in [-0.05, 0) is 31.0 Å². The normalized spacial score (nSPS) is 27.9. The molecule has 0 bridgehead atoms. The number of ether oxygens (including phenoxy) is 3. The fraction of sp³-hybridized carbons (Fsp3) is 0.435. The Morgan fingerprint density at radius 2 is 1.59 bits per heavy atom. The van der Waals surface area contributed by atoms with Crippen molar-refractivity contribution >= 4 is 5.97 Å². The van der Waals surface area contributed by atoms with Gasteiger partial charge in [0.25, 0.3) is 0 Å². The van der Waals surface area contributed by atoms with E-state index in [1.165, 1.54) is 0 Å². The molecule has 1 aliphatic heterocycles. The highest BCUT2D eigenvalue weighted by atomic mass is 16.6. The molecule has 0 aromatic heterocycles. The molecule has 1 saturated heterocycles. The van der Waals surface area contributed by atoms with Gasteiger partial charge in [0.05, 0.1) is 24.4 Å². The van der Waals surface area contributed by atoms with Crippen molar-refractivity contribution in [2.45, 2.75) is 58.2 Å². The highest BCUT2D eigenvalue weighted by molar-refractivity contribution is 5.89. The van der Waals surface area contributed by atoms with E-state index in [2.05, 4.69) is 13.8 Å². The van der Waals surface area contributed by atoms with Crippen LogP contribution in [-0.2, 0) is 20.8 Å². The number of esters is 1. The van der Waals surface area contributed by atoms with Gasteiger partial charge in [0.2, 0.25) is 0 Å². The molecule has 2 aromatic carbocycles. The summed E-state index contributed by atoms with van der Waals surface area (Å²) < 4.78 is 18.3. The maximum atomic E-state index is 12.6. The monoisotopic (exact) mass is 368 g/mol. The second-order valence-corrected chi connectivity index (χ2v) is 7.14. The lowest BCUT2D eigenvalue weighted by Gasteiger charge is -2.44. The first-order valence-electron chi connectivity index (χ1n) is 9.67. The van der Waals surface area contributed by atoms with Crippen molar-refractivity contribution in [1.82, 2.24) is 0 Å². The molecule has 4 heteroatoms. The summed E-state index contributed by atoms with van der Waals surface area (Å²) in [5.41, 5.74) is 1.64. The molecule has 0 spiro atoms. The fourth-order valence-electron chi connectivity index (χ4n) is 3.67. The van der Waals surface area contributed by atoms with E-state index >= 15 is 0 Å². The first-order chi connectivity index (χ1) is 13.1. The molecule has 5 atom stereocenters. The lowest BCUT2D eigenvalue weighted by atomic mass is 9.87. The molecule has 0 saturated carbocycles. The van der Waals surface area contributed by atoms with Gasteiger partial charge in [-0.3, -0.25) is 0 Å². The molecule has 144 valence electrons. The molecule has 0 aliphatic carbocycles. The van der Waals surface area contributed by atoms with E-state index in [1.807, 2.05) is 55.5 Å². The summed E-state index contributed by atoms with van der Waals surface area (Å²) in [7, 11) is 0. The van der Waals surface area contributed by atoms with Gasteiger partial charge in [0.15, 0.2) is 6.10 Å². The molecule has 2 aromatic rings. The van der Waals surface area contributed by atoms with E-state index in [1.54, 1.807) is 12.1 Å². The van der Waals surface area contributed by atoms with E-state index in [4.69, 9.17) is 14.2 Å². The zero-order chi connectivity index (χ0) is 19.2. The number of benzene rings is 2. The Labute approximate surface area is 161 Å². The van der Waals surface area contributed by atoms with Crippen LogP contribution in [0.5, 0.6) is 0 Å². The smallest absolute Gasteiger partial charge is 0.338 e. The standard InChI is InChI=1S/C23H28O4/c1-4-20-16(2)21(25-15-18-11-7-5-8-12-18)22(17(3)26-20)27-23(24)19-13-9-6-10-14-19/h5-14,16-17,20-22H,4,15H2,1-3H3/t16-,17-,20?,21-,22?/m1/s1. The Kier molecular flexibility index (Phi) is 6.64. The second-order valence-electron chi connectivity index (χ2n) is 7.14. The average Bonchev–Trinajstić information content (AvgIpc) is 2.71. The molecular weight excluding hydrogens is 340 g/mol. The van der Waals surface area contributed by atoms with Crippen molar-refractivity contribution < 1.29 is 19.0 Å². The van der Waals surface area contributed by atoms with Crippen LogP contribution in [0.1, 0.15) is 43.1 Å². The predicted octanol–water partition coefficient (Wildman–Crippen LogP) is 4.63. The lowest BCUT2D eigenvalue weighted by molar-refractivity contribution is -0.209. The summed E-state index contributed by atoms with van der Waals surface area (Å²) in [6, 6.07) is 19.1. The molecule has 3 rings (SSSR count). The highest BCUT2D eigenvalue weighted by Crippen LogP contribution is 2.32. The molecule has 1 aliphatic rings. The van der Waals surface area contributed by atoms with Gasteiger partial charge >= 0.3 is 5.97 Å². The Morgan fingerprint density at radius 1 is 0.963 bits per heavy atom. The highest BCUT2D eigenvalue weighted by Gasteiger charge is 2.44. The van der Waals surface area contributed by atoms with Crippen LogP contribution in [0.2, 0.25) is 0 Å². The van der Waals surface area contributed by atoms with E-state index < -0.39 is 6.10 Å². The van der Waals surface area contributed by atoms with E-state index in [-0.39, 0.29) is 30.2 Å². The number of carbonyl (C=O) groups is 1. The molecule has 4 nitrogen and oxygen atoms in total. The summed E-state index contributed by atoms with van der Waals surface area (Å²) in [4.78, 5) is 12.6. The minimum absolute atomic E-state index is 0.0902. The van der Waals surface area contributed by atoms with Gasteiger partial charge in [-0.15, -0.1) is 0 Å². The van der Waals surface area contributed by atoms with Crippen LogP contribution in [0.25, 0.3) is 0 Å². The fourth-order valence-corrected chi connectivity index (χ4v) is 3.67. The largest absolute Gasteiger partial charge is 0.453 e. The van der Waals surface area contributed by atoms with E-state index in [0.29, 0.717) is 12.2 Å². The van der Waals surface area contributed by atoms with Gasteiger partial charge in [0, 0.05) is 5.92 Å². The molecule has 0 radical (unpaired) electrons. The van der Waals surface area contributed by atoms with Crippen molar-refractivity contribution in [2.75, 3.05) is 0 Å². The lowest BCUT2D eigenvalue weighted by Crippen LogP contribution is -2.55. The summed E-state index contributed by atoms with van der Waals surface area (Å²) in [5.74, 6) is -0.213. The Bertz CT molecular complexity index is 716. The average molecular weight is 368 g/mol. The zero-order valence-electron chi connectivity index (χ0n) is 16.2. The third-order valence-corrected chi connectivity index (χ3v) is 5.22. The van der Waals surface area contributed by atoms with Crippen LogP contribution < -0.4 is 0 Å². The zero-order valence-corrected chi connectivity index (χ0v) is 16.2. The quantitative estimate of drug-likeness (QED) is 0.697. The molecule has 1 fully saturated rings. The van der Waals surface area contributed by atoms with Gasteiger partial charge in [-0.1, -0.05) is 62.4 Å². The van der Waals surface area contributed by atoms with Crippen LogP contribution in [0.4, 0.5) is 0 Å². The van der Waals surface area contributed by atoms with Crippen LogP contribution >= 0.6 is 0 Å². The molecule has 1 heterocycles. The minimum atomic E-state index is -0.445. The van der Waals surface area contributed by atoms with Crippen molar-refractivity contribution in [1.29, 1.82) is 0 Å². The van der Waals surface area contributed by atoms with E-state index in [9.17, 15) is 4.79 Å². The Morgan fingerprint density at radius 3 is 2.22 bits per heavy atom. The molecule has 27 heavy (non-hydrogen) atoms. The molecule has 0 amide bonds. The first-order valence-corrected chi connectivity index (χ1v) is 9.67. The third-order valence-electron chi connectivity index (χ3n) is 5.22. The van der Waals surface area contributed by atoms with Crippen molar-refractivity contribution in [3.8, 4) is 0 Å². The van der Waals surface area contributed by atoms with Crippen molar-refractivity contribution in [3.63, 3.8) is 0 Å². The summed E-state index contributed by atoms with van der Waals surface area (Å²) in [6.07, 6.45) is 0.105. The van der Waals surface area contributed by atoms with Gasteiger partial charge < -0.3 is 14.2 Å². The summed E-state index contributed by atoms with van der Waals surface area (Å²) >= 11 is 0. The number of rotatable bonds is 6.